The van der Waals surface area contributed by atoms with Gasteiger partial charge in [0.25, 0.3) is 0 Å². The van der Waals surface area contributed by atoms with E-state index in [1.807, 2.05) is 35.0 Å². The Morgan fingerprint density at radius 1 is 1.24 bits per heavy atom. The summed E-state index contributed by atoms with van der Waals surface area (Å²) in [5.41, 5.74) is 1.84. The summed E-state index contributed by atoms with van der Waals surface area (Å²) in [7, 11) is 0. The van der Waals surface area contributed by atoms with E-state index in [-0.39, 0.29) is 17.5 Å². The highest BCUT2D eigenvalue weighted by molar-refractivity contribution is 7.99. The molecule has 7 nitrogen and oxygen atoms in total. The smallest absolute Gasteiger partial charge is 0.234 e. The number of H-pyrrole nitrogens is 1. The van der Waals surface area contributed by atoms with Crippen LogP contribution in [0, 0.1) is 11.6 Å². The van der Waals surface area contributed by atoms with Gasteiger partial charge in [0, 0.05) is 35.3 Å². The van der Waals surface area contributed by atoms with Crippen molar-refractivity contribution < 1.29 is 18.3 Å². The van der Waals surface area contributed by atoms with Gasteiger partial charge in [-0.25, -0.2) is 8.78 Å². The number of halogens is 2. The molecule has 4 aromatic rings. The summed E-state index contributed by atoms with van der Waals surface area (Å²) in [6.07, 6.45) is 3.90. The zero-order valence-electron chi connectivity index (χ0n) is 17.6. The lowest BCUT2D eigenvalue weighted by Gasteiger charge is -2.14. The predicted molar refractivity (Wildman–Crippen MR) is 122 cm³/mol. The number of nitrogens with one attached hydrogen (secondary N) is 2. The van der Waals surface area contributed by atoms with Crippen molar-refractivity contribution in [1.29, 1.82) is 0 Å². The van der Waals surface area contributed by atoms with E-state index in [2.05, 4.69) is 20.5 Å². The molecule has 0 aliphatic carbocycles. The molecule has 1 fully saturated rings. The normalized spacial score (nSPS) is 15.9. The molecule has 0 saturated carbocycles. The summed E-state index contributed by atoms with van der Waals surface area (Å²) in [6.45, 7) is 1.29. The van der Waals surface area contributed by atoms with Crippen molar-refractivity contribution in [3.05, 3.63) is 60.3 Å². The molecular formula is C23H21F2N5O2S. The second-order valence-electron chi connectivity index (χ2n) is 7.76. The van der Waals surface area contributed by atoms with Gasteiger partial charge in [-0.15, -0.1) is 10.2 Å². The van der Waals surface area contributed by atoms with Gasteiger partial charge in [0.2, 0.25) is 5.91 Å². The fourth-order valence-electron chi connectivity index (χ4n) is 3.92. The summed E-state index contributed by atoms with van der Waals surface area (Å²) in [5, 5.41) is 12.8. The zero-order valence-corrected chi connectivity index (χ0v) is 18.4. The first-order valence-corrected chi connectivity index (χ1v) is 11.6. The maximum absolute atomic E-state index is 13.8. The van der Waals surface area contributed by atoms with E-state index in [0.717, 1.165) is 48.0 Å². The molecular weight excluding hydrogens is 448 g/mol. The van der Waals surface area contributed by atoms with Crippen LogP contribution in [0.25, 0.3) is 22.3 Å². The van der Waals surface area contributed by atoms with Gasteiger partial charge in [0.05, 0.1) is 24.1 Å². The van der Waals surface area contributed by atoms with Crippen molar-refractivity contribution >= 4 is 34.3 Å². The second kappa shape index (κ2) is 9.32. The molecule has 1 atom stereocenters. The first-order valence-electron chi connectivity index (χ1n) is 10.6. The number of anilines is 1. The predicted octanol–water partition coefficient (Wildman–Crippen LogP) is 4.61. The number of thioether (sulfide) groups is 1. The summed E-state index contributed by atoms with van der Waals surface area (Å²) < 4.78 is 34.7. The average Bonchev–Trinajstić information content (AvgIpc) is 3.55. The van der Waals surface area contributed by atoms with Crippen molar-refractivity contribution in [2.24, 2.45) is 0 Å². The van der Waals surface area contributed by atoms with Crippen LogP contribution in [0.3, 0.4) is 0 Å². The van der Waals surface area contributed by atoms with Crippen LogP contribution in [0.15, 0.2) is 53.8 Å². The number of hydrogen-bond acceptors (Lipinski definition) is 5. The third kappa shape index (κ3) is 4.62. The molecule has 5 rings (SSSR count). The van der Waals surface area contributed by atoms with Crippen LogP contribution >= 0.6 is 11.8 Å². The Morgan fingerprint density at radius 2 is 2.12 bits per heavy atom. The molecule has 0 spiro atoms. The van der Waals surface area contributed by atoms with Crippen molar-refractivity contribution in [2.45, 2.75) is 30.6 Å². The fraction of sp³-hybridized carbons (Fsp3) is 0.261. The third-order valence-corrected chi connectivity index (χ3v) is 6.46. The first kappa shape index (κ1) is 21.6. The number of para-hydroxylation sites is 1. The Hall–Kier alpha value is -3.24. The van der Waals surface area contributed by atoms with Crippen molar-refractivity contribution in [3.63, 3.8) is 0 Å². The minimum atomic E-state index is -0.823. The number of rotatable bonds is 7. The van der Waals surface area contributed by atoms with Crippen LogP contribution in [-0.4, -0.2) is 44.1 Å². The van der Waals surface area contributed by atoms with Crippen molar-refractivity contribution in [1.82, 2.24) is 19.7 Å². The number of ether oxygens (including phenoxy) is 1. The Kier molecular flexibility index (Phi) is 6.10. The molecule has 1 saturated heterocycles. The van der Waals surface area contributed by atoms with Gasteiger partial charge in [-0.2, -0.15) is 0 Å². The number of carbonyl (C=O) groups is 1. The van der Waals surface area contributed by atoms with E-state index in [0.29, 0.717) is 17.5 Å². The molecule has 0 unspecified atom stereocenters. The van der Waals surface area contributed by atoms with Crippen molar-refractivity contribution in [2.75, 3.05) is 17.7 Å². The van der Waals surface area contributed by atoms with Gasteiger partial charge in [0.1, 0.15) is 11.6 Å². The molecule has 0 radical (unpaired) electrons. The Bertz CT molecular complexity index is 1300. The van der Waals surface area contributed by atoms with Gasteiger partial charge in [-0.3, -0.25) is 9.36 Å². The van der Waals surface area contributed by atoms with Crippen LogP contribution in [-0.2, 0) is 16.1 Å². The maximum atomic E-state index is 13.8. The highest BCUT2D eigenvalue weighted by atomic mass is 32.2. The monoisotopic (exact) mass is 469 g/mol. The number of hydrogen-bond donors (Lipinski definition) is 2. The first-order chi connectivity index (χ1) is 16.1. The van der Waals surface area contributed by atoms with Gasteiger partial charge in [0.15, 0.2) is 11.0 Å². The fourth-order valence-corrected chi connectivity index (χ4v) is 4.66. The third-order valence-electron chi connectivity index (χ3n) is 5.49. The van der Waals surface area contributed by atoms with Gasteiger partial charge >= 0.3 is 0 Å². The number of fused-ring (bicyclic) bond motifs is 1. The lowest BCUT2D eigenvalue weighted by atomic mass is 10.1. The molecule has 33 heavy (non-hydrogen) atoms. The number of carbonyl (C=O) groups excluding carboxylic acids is 1. The highest BCUT2D eigenvalue weighted by Crippen LogP contribution is 2.31. The quantitative estimate of drug-likeness (QED) is 0.386. The number of amides is 1. The Balaban J connectivity index is 1.38. The van der Waals surface area contributed by atoms with Crippen LogP contribution in [0.5, 0.6) is 0 Å². The van der Waals surface area contributed by atoms with Crippen molar-refractivity contribution in [3.8, 4) is 11.4 Å². The summed E-state index contributed by atoms with van der Waals surface area (Å²) >= 11 is 1.21. The maximum Gasteiger partial charge on any atom is 0.234 e. The van der Waals surface area contributed by atoms with Crippen LogP contribution in [0.4, 0.5) is 14.5 Å². The van der Waals surface area contributed by atoms with E-state index in [4.69, 9.17) is 4.74 Å². The standard InChI is InChI=1S/C23H21F2N5O2S/c24-14-7-8-20(18(25)10-14)27-21(31)13-33-23-29-28-22(30(23)12-15-4-3-9-32-15)17-11-26-19-6-2-1-5-16(17)19/h1-2,5-8,10-11,15,26H,3-4,9,12-13H2,(H,27,31)/t15-/m0/s1. The van der Waals surface area contributed by atoms with Crippen LogP contribution in [0.2, 0.25) is 0 Å². The highest BCUT2D eigenvalue weighted by Gasteiger charge is 2.23. The Morgan fingerprint density at radius 3 is 2.94 bits per heavy atom. The second-order valence-corrected chi connectivity index (χ2v) is 8.70. The number of benzene rings is 2. The van der Waals surface area contributed by atoms with E-state index >= 15 is 0 Å². The van der Waals surface area contributed by atoms with Crippen LogP contribution < -0.4 is 5.32 Å². The molecule has 0 bridgehead atoms. The molecule has 1 aliphatic heterocycles. The number of aromatic nitrogens is 4. The largest absolute Gasteiger partial charge is 0.376 e. The van der Waals surface area contributed by atoms with E-state index in [9.17, 15) is 13.6 Å². The lowest BCUT2D eigenvalue weighted by Crippen LogP contribution is -2.18. The minimum absolute atomic E-state index is 0.00560. The molecule has 170 valence electrons. The summed E-state index contributed by atoms with van der Waals surface area (Å²) in [4.78, 5) is 15.7. The molecule has 3 heterocycles. The zero-order chi connectivity index (χ0) is 22.8. The van der Waals surface area contributed by atoms with E-state index in [1.54, 1.807) is 0 Å². The summed E-state index contributed by atoms with van der Waals surface area (Å²) in [5.74, 6) is -1.27. The topological polar surface area (TPSA) is 84.8 Å². The van der Waals surface area contributed by atoms with Gasteiger partial charge < -0.3 is 15.0 Å². The number of aromatic amines is 1. The number of nitrogens with zero attached hydrogens (tertiary/aromatic N) is 3. The molecule has 10 heteroatoms. The molecule has 2 N–H and O–H groups in total. The minimum Gasteiger partial charge on any atom is -0.376 e. The molecule has 1 aliphatic rings. The average molecular weight is 470 g/mol. The van der Waals surface area contributed by atoms with Crippen LogP contribution in [0.1, 0.15) is 12.8 Å². The lowest BCUT2D eigenvalue weighted by molar-refractivity contribution is -0.113. The summed E-state index contributed by atoms with van der Waals surface area (Å²) in [6, 6.07) is 11.0. The Labute approximate surface area is 192 Å². The SMILES string of the molecule is O=C(CSc1nnc(-c2c[nH]c3ccccc23)n1C[C@@H]1CCCO1)Nc1ccc(F)cc1F. The van der Waals surface area contributed by atoms with Gasteiger partial charge in [-0.05, 0) is 31.0 Å². The van der Waals surface area contributed by atoms with E-state index < -0.39 is 17.5 Å². The van der Waals surface area contributed by atoms with Gasteiger partial charge in [-0.1, -0.05) is 30.0 Å². The molecule has 1 amide bonds. The molecule has 2 aromatic heterocycles. The molecule has 2 aromatic carbocycles. The van der Waals surface area contributed by atoms with E-state index in [1.165, 1.54) is 17.8 Å².